The van der Waals surface area contributed by atoms with Crippen molar-refractivity contribution in [2.45, 2.75) is 13.3 Å². The lowest BCUT2D eigenvalue weighted by Gasteiger charge is -2.12. The molecule has 20 heavy (non-hydrogen) atoms. The van der Waals surface area contributed by atoms with E-state index in [0.717, 1.165) is 15.6 Å². The highest BCUT2D eigenvalue weighted by molar-refractivity contribution is 9.10. The number of carbonyl (C=O) groups is 1. The van der Waals surface area contributed by atoms with E-state index in [1.54, 1.807) is 18.2 Å². The van der Waals surface area contributed by atoms with Crippen molar-refractivity contribution in [3.8, 4) is 0 Å². The predicted molar refractivity (Wildman–Crippen MR) is 87.1 cm³/mol. The van der Waals surface area contributed by atoms with E-state index in [1.807, 2.05) is 25.1 Å². The van der Waals surface area contributed by atoms with Crippen LogP contribution in [-0.2, 0) is 11.2 Å². The molecule has 2 rings (SSSR count). The normalized spacial score (nSPS) is 10.3. The van der Waals surface area contributed by atoms with Crippen LogP contribution in [0.2, 0.25) is 5.02 Å². The first kappa shape index (κ1) is 14.9. The Kier molecular flexibility index (Phi) is 4.68. The summed E-state index contributed by atoms with van der Waals surface area (Å²) < 4.78 is 0.889. The van der Waals surface area contributed by atoms with Gasteiger partial charge in [0, 0.05) is 9.50 Å². The van der Waals surface area contributed by atoms with Gasteiger partial charge in [0.15, 0.2) is 0 Å². The summed E-state index contributed by atoms with van der Waals surface area (Å²) in [7, 11) is 0. The SMILES string of the molecule is Cc1cc(Br)cc(N)c1NC(=O)Cc1cccc(Cl)c1. The molecule has 0 bridgehead atoms. The smallest absolute Gasteiger partial charge is 0.228 e. The summed E-state index contributed by atoms with van der Waals surface area (Å²) in [5.41, 5.74) is 8.89. The van der Waals surface area contributed by atoms with E-state index >= 15 is 0 Å². The minimum absolute atomic E-state index is 0.121. The minimum Gasteiger partial charge on any atom is -0.397 e. The van der Waals surface area contributed by atoms with Gasteiger partial charge < -0.3 is 11.1 Å². The molecular formula is C15H14BrClN2O. The molecule has 0 saturated carbocycles. The van der Waals surface area contributed by atoms with Crippen LogP contribution in [0.3, 0.4) is 0 Å². The molecule has 0 spiro atoms. The number of anilines is 2. The number of aryl methyl sites for hydroxylation is 1. The number of hydrogen-bond acceptors (Lipinski definition) is 2. The Morgan fingerprint density at radius 2 is 2.10 bits per heavy atom. The van der Waals surface area contributed by atoms with E-state index in [4.69, 9.17) is 17.3 Å². The van der Waals surface area contributed by atoms with E-state index in [9.17, 15) is 4.79 Å². The van der Waals surface area contributed by atoms with Crippen LogP contribution in [0.5, 0.6) is 0 Å². The van der Waals surface area contributed by atoms with Crippen molar-refractivity contribution < 1.29 is 4.79 Å². The molecule has 104 valence electrons. The number of rotatable bonds is 3. The maximum atomic E-state index is 12.1. The van der Waals surface area contributed by atoms with Crippen LogP contribution in [0.25, 0.3) is 0 Å². The van der Waals surface area contributed by atoms with Crippen LogP contribution in [0.4, 0.5) is 11.4 Å². The van der Waals surface area contributed by atoms with Gasteiger partial charge in [-0.2, -0.15) is 0 Å². The summed E-state index contributed by atoms with van der Waals surface area (Å²) in [6.45, 7) is 1.90. The van der Waals surface area contributed by atoms with Gasteiger partial charge in [-0.3, -0.25) is 4.79 Å². The summed E-state index contributed by atoms with van der Waals surface area (Å²) in [5, 5.41) is 3.47. The topological polar surface area (TPSA) is 55.1 Å². The van der Waals surface area contributed by atoms with Gasteiger partial charge in [0.2, 0.25) is 5.91 Å². The van der Waals surface area contributed by atoms with E-state index in [2.05, 4.69) is 21.2 Å². The molecule has 1 amide bonds. The van der Waals surface area contributed by atoms with Crippen molar-refractivity contribution in [3.05, 3.63) is 57.0 Å². The van der Waals surface area contributed by atoms with E-state index in [-0.39, 0.29) is 12.3 Å². The maximum Gasteiger partial charge on any atom is 0.228 e. The lowest BCUT2D eigenvalue weighted by molar-refractivity contribution is -0.115. The second kappa shape index (κ2) is 6.29. The monoisotopic (exact) mass is 352 g/mol. The third-order valence-electron chi connectivity index (χ3n) is 2.85. The van der Waals surface area contributed by atoms with Gasteiger partial charge in [0.05, 0.1) is 17.8 Å². The molecule has 0 aromatic heterocycles. The van der Waals surface area contributed by atoms with Crippen LogP contribution in [-0.4, -0.2) is 5.91 Å². The van der Waals surface area contributed by atoms with Gasteiger partial charge in [0.1, 0.15) is 0 Å². The van der Waals surface area contributed by atoms with Crippen molar-refractivity contribution in [1.82, 2.24) is 0 Å². The van der Waals surface area contributed by atoms with E-state index in [1.165, 1.54) is 0 Å². The first-order chi connectivity index (χ1) is 9.45. The number of carbonyl (C=O) groups excluding carboxylic acids is 1. The Morgan fingerprint density at radius 1 is 1.35 bits per heavy atom. The van der Waals surface area contributed by atoms with Crippen molar-refractivity contribution in [1.29, 1.82) is 0 Å². The number of hydrogen-bond donors (Lipinski definition) is 2. The molecule has 2 aromatic rings. The molecule has 0 fully saturated rings. The number of nitrogens with two attached hydrogens (primary N) is 1. The number of amides is 1. The largest absolute Gasteiger partial charge is 0.397 e. The van der Waals surface area contributed by atoms with Crippen LogP contribution in [0, 0.1) is 6.92 Å². The Balaban J connectivity index is 2.13. The predicted octanol–water partition coefficient (Wildman–Crippen LogP) is 4.17. The molecular weight excluding hydrogens is 340 g/mol. The van der Waals surface area contributed by atoms with Crippen molar-refractivity contribution in [3.63, 3.8) is 0 Å². The van der Waals surface area contributed by atoms with E-state index < -0.39 is 0 Å². The van der Waals surface area contributed by atoms with Gasteiger partial charge in [-0.1, -0.05) is 39.7 Å². The number of halogens is 2. The van der Waals surface area contributed by atoms with Gasteiger partial charge >= 0.3 is 0 Å². The van der Waals surface area contributed by atoms with Crippen molar-refractivity contribution in [2.24, 2.45) is 0 Å². The molecule has 3 N–H and O–H groups in total. The Labute approximate surface area is 131 Å². The highest BCUT2D eigenvalue weighted by atomic mass is 79.9. The first-order valence-electron chi connectivity index (χ1n) is 6.05. The van der Waals surface area contributed by atoms with Crippen LogP contribution >= 0.6 is 27.5 Å². The number of nitrogen functional groups attached to an aromatic ring is 1. The van der Waals surface area contributed by atoms with Crippen LogP contribution in [0.1, 0.15) is 11.1 Å². The molecule has 5 heteroatoms. The second-order valence-electron chi connectivity index (χ2n) is 4.54. The molecule has 0 unspecified atom stereocenters. The zero-order valence-corrected chi connectivity index (χ0v) is 13.3. The average molecular weight is 354 g/mol. The highest BCUT2D eigenvalue weighted by Gasteiger charge is 2.10. The Morgan fingerprint density at radius 3 is 2.75 bits per heavy atom. The summed E-state index contributed by atoms with van der Waals surface area (Å²) >= 11 is 9.27. The summed E-state index contributed by atoms with van der Waals surface area (Å²) in [5.74, 6) is -0.121. The average Bonchev–Trinajstić information content (AvgIpc) is 2.33. The molecule has 3 nitrogen and oxygen atoms in total. The summed E-state index contributed by atoms with van der Waals surface area (Å²) in [6.07, 6.45) is 0.259. The Bertz CT molecular complexity index is 635. The molecule has 0 heterocycles. The molecule has 0 radical (unpaired) electrons. The minimum atomic E-state index is -0.121. The third kappa shape index (κ3) is 3.74. The standard InChI is InChI=1S/C15H14BrClN2O/c1-9-5-11(16)8-13(18)15(9)19-14(20)7-10-3-2-4-12(17)6-10/h2-6,8H,7,18H2,1H3,(H,19,20). The second-order valence-corrected chi connectivity index (χ2v) is 5.89. The van der Waals surface area contributed by atoms with Crippen molar-refractivity contribution >= 4 is 44.8 Å². The summed E-state index contributed by atoms with van der Waals surface area (Å²) in [4.78, 5) is 12.1. The molecule has 0 aliphatic heterocycles. The Hall–Kier alpha value is -1.52. The van der Waals surface area contributed by atoms with Crippen LogP contribution < -0.4 is 11.1 Å². The zero-order chi connectivity index (χ0) is 14.7. The van der Waals surface area contributed by atoms with E-state index in [0.29, 0.717) is 16.4 Å². The van der Waals surface area contributed by atoms with Gasteiger partial charge in [-0.15, -0.1) is 0 Å². The van der Waals surface area contributed by atoms with Crippen molar-refractivity contribution in [2.75, 3.05) is 11.1 Å². The lowest BCUT2D eigenvalue weighted by atomic mass is 10.1. The fraction of sp³-hybridized carbons (Fsp3) is 0.133. The fourth-order valence-corrected chi connectivity index (χ4v) is 2.76. The molecule has 0 atom stereocenters. The third-order valence-corrected chi connectivity index (χ3v) is 3.54. The number of nitrogens with one attached hydrogen (secondary N) is 1. The quantitative estimate of drug-likeness (QED) is 0.814. The van der Waals surface area contributed by atoms with Gasteiger partial charge in [-0.25, -0.2) is 0 Å². The number of benzene rings is 2. The highest BCUT2D eigenvalue weighted by Crippen LogP contribution is 2.27. The fourth-order valence-electron chi connectivity index (χ4n) is 1.96. The molecule has 0 aliphatic rings. The van der Waals surface area contributed by atoms with Gasteiger partial charge in [0.25, 0.3) is 0 Å². The first-order valence-corrected chi connectivity index (χ1v) is 7.22. The zero-order valence-electron chi connectivity index (χ0n) is 10.9. The molecule has 0 saturated heterocycles. The maximum absolute atomic E-state index is 12.1. The van der Waals surface area contributed by atoms with Crippen LogP contribution in [0.15, 0.2) is 40.9 Å². The lowest BCUT2D eigenvalue weighted by Crippen LogP contribution is -2.16. The van der Waals surface area contributed by atoms with Gasteiger partial charge in [-0.05, 0) is 42.3 Å². The molecule has 0 aliphatic carbocycles. The molecule has 2 aromatic carbocycles. The summed E-state index contributed by atoms with van der Waals surface area (Å²) in [6, 6.07) is 10.9.